The van der Waals surface area contributed by atoms with E-state index in [4.69, 9.17) is 0 Å². The molecule has 1 N–H and O–H groups in total. The largest absolute Gasteiger partial charge is 0.368 e. The Labute approximate surface area is 128 Å². The van der Waals surface area contributed by atoms with Crippen LogP contribution in [0.3, 0.4) is 0 Å². The predicted molar refractivity (Wildman–Crippen MR) is 81.9 cm³/mol. The SMILES string of the molecule is Cn1c(NCC2CN3CCN2CC3)c(C#N)c(=O)n(C)c1=O. The highest BCUT2D eigenvalue weighted by Gasteiger charge is 2.31. The van der Waals surface area contributed by atoms with Crippen LogP contribution in [0.4, 0.5) is 5.82 Å². The lowest BCUT2D eigenvalue weighted by atomic mass is 10.1. The van der Waals surface area contributed by atoms with Gasteiger partial charge < -0.3 is 5.32 Å². The predicted octanol–water partition coefficient (Wildman–Crippen LogP) is -1.63. The van der Waals surface area contributed by atoms with Crippen LogP contribution in [0.15, 0.2) is 9.59 Å². The Morgan fingerprint density at radius 3 is 2.41 bits per heavy atom. The first-order valence-electron chi connectivity index (χ1n) is 7.43. The molecule has 4 rings (SSSR count). The monoisotopic (exact) mass is 304 g/mol. The van der Waals surface area contributed by atoms with Gasteiger partial charge in [0.25, 0.3) is 5.56 Å². The molecule has 3 saturated heterocycles. The van der Waals surface area contributed by atoms with Crippen molar-refractivity contribution in [3.8, 4) is 6.07 Å². The van der Waals surface area contributed by atoms with E-state index in [1.165, 1.54) is 11.6 Å². The molecule has 1 aromatic rings. The zero-order valence-corrected chi connectivity index (χ0v) is 12.9. The summed E-state index contributed by atoms with van der Waals surface area (Å²) in [6.45, 7) is 5.90. The van der Waals surface area contributed by atoms with Gasteiger partial charge >= 0.3 is 5.69 Å². The molecule has 0 spiro atoms. The van der Waals surface area contributed by atoms with Crippen LogP contribution in [-0.4, -0.2) is 64.2 Å². The lowest BCUT2D eigenvalue weighted by Gasteiger charge is -2.47. The minimum absolute atomic E-state index is 0.0131. The zero-order valence-electron chi connectivity index (χ0n) is 12.9. The molecule has 8 nitrogen and oxygen atoms in total. The van der Waals surface area contributed by atoms with Gasteiger partial charge in [-0.15, -0.1) is 0 Å². The normalized spacial score (nSPS) is 26.7. The molecule has 0 amide bonds. The first-order chi connectivity index (χ1) is 10.5. The Morgan fingerprint density at radius 1 is 1.18 bits per heavy atom. The van der Waals surface area contributed by atoms with Crippen molar-refractivity contribution in [2.75, 3.05) is 44.6 Å². The molecule has 118 valence electrons. The van der Waals surface area contributed by atoms with E-state index < -0.39 is 11.2 Å². The average Bonchev–Trinajstić information content (AvgIpc) is 2.56. The topological polar surface area (TPSA) is 86.3 Å². The summed E-state index contributed by atoms with van der Waals surface area (Å²) in [7, 11) is 2.95. The zero-order chi connectivity index (χ0) is 15.9. The number of anilines is 1. The molecule has 4 heterocycles. The van der Waals surface area contributed by atoms with Crippen molar-refractivity contribution in [1.29, 1.82) is 5.26 Å². The van der Waals surface area contributed by atoms with Gasteiger partial charge in [0.1, 0.15) is 11.9 Å². The van der Waals surface area contributed by atoms with Crippen molar-refractivity contribution in [2.45, 2.75) is 6.04 Å². The molecule has 3 aliphatic heterocycles. The summed E-state index contributed by atoms with van der Waals surface area (Å²) in [6.07, 6.45) is 0. The number of hydrogen-bond acceptors (Lipinski definition) is 6. The van der Waals surface area contributed by atoms with E-state index in [-0.39, 0.29) is 5.56 Å². The van der Waals surface area contributed by atoms with Crippen LogP contribution in [-0.2, 0) is 14.1 Å². The Morgan fingerprint density at radius 2 is 1.86 bits per heavy atom. The third-order valence-corrected chi connectivity index (χ3v) is 4.67. The quantitative estimate of drug-likeness (QED) is 0.721. The lowest BCUT2D eigenvalue weighted by Crippen LogP contribution is -2.62. The van der Waals surface area contributed by atoms with Gasteiger partial charge in [-0.3, -0.25) is 23.7 Å². The summed E-state index contributed by atoms with van der Waals surface area (Å²) < 4.78 is 2.29. The van der Waals surface area contributed by atoms with Gasteiger partial charge in [0.2, 0.25) is 0 Å². The number of nitriles is 1. The van der Waals surface area contributed by atoms with E-state index in [0.29, 0.717) is 18.4 Å². The molecule has 0 aromatic carbocycles. The van der Waals surface area contributed by atoms with Crippen molar-refractivity contribution in [3.63, 3.8) is 0 Å². The van der Waals surface area contributed by atoms with Crippen LogP contribution in [0.25, 0.3) is 0 Å². The van der Waals surface area contributed by atoms with Crippen molar-refractivity contribution in [2.24, 2.45) is 14.1 Å². The van der Waals surface area contributed by atoms with Crippen molar-refractivity contribution in [1.82, 2.24) is 18.9 Å². The van der Waals surface area contributed by atoms with Crippen LogP contribution in [0, 0.1) is 11.3 Å². The van der Waals surface area contributed by atoms with E-state index in [9.17, 15) is 14.9 Å². The standard InChI is InChI=1S/C14H20N6O2/c1-17-12(11(7-15)13(21)18(2)14(17)22)16-8-10-9-19-3-5-20(10)6-4-19/h10,16H,3-6,8-9H2,1-2H3. The van der Waals surface area contributed by atoms with E-state index in [1.54, 1.807) is 7.05 Å². The molecule has 0 saturated carbocycles. The lowest BCUT2D eigenvalue weighted by molar-refractivity contribution is 0.0189. The summed E-state index contributed by atoms with van der Waals surface area (Å²) in [5.74, 6) is 0.313. The van der Waals surface area contributed by atoms with Crippen LogP contribution < -0.4 is 16.6 Å². The minimum Gasteiger partial charge on any atom is -0.368 e. The Bertz CT molecular complexity index is 735. The Hall–Kier alpha value is -2.11. The summed E-state index contributed by atoms with van der Waals surface area (Å²) in [5.41, 5.74) is -0.996. The summed E-state index contributed by atoms with van der Waals surface area (Å²) in [5, 5.41) is 12.4. The number of nitrogens with one attached hydrogen (secondary N) is 1. The van der Waals surface area contributed by atoms with Crippen LogP contribution in [0.2, 0.25) is 0 Å². The van der Waals surface area contributed by atoms with E-state index >= 15 is 0 Å². The van der Waals surface area contributed by atoms with Crippen molar-refractivity contribution in [3.05, 3.63) is 26.4 Å². The van der Waals surface area contributed by atoms with Crippen LogP contribution in [0.5, 0.6) is 0 Å². The number of rotatable bonds is 3. The fourth-order valence-electron chi connectivity index (χ4n) is 3.28. The minimum atomic E-state index is -0.553. The molecule has 0 radical (unpaired) electrons. The summed E-state index contributed by atoms with van der Waals surface area (Å²) in [6, 6.07) is 2.26. The number of piperazine rings is 3. The molecule has 22 heavy (non-hydrogen) atoms. The maximum atomic E-state index is 12.0. The van der Waals surface area contributed by atoms with E-state index in [2.05, 4.69) is 15.1 Å². The van der Waals surface area contributed by atoms with Gasteiger partial charge in [-0.05, 0) is 0 Å². The second kappa shape index (κ2) is 5.59. The highest BCUT2D eigenvalue weighted by atomic mass is 16.2. The second-order valence-electron chi connectivity index (χ2n) is 5.91. The Balaban J connectivity index is 1.85. The molecule has 8 heteroatoms. The average molecular weight is 304 g/mol. The smallest absolute Gasteiger partial charge is 0.332 e. The van der Waals surface area contributed by atoms with Gasteiger partial charge in [0.05, 0.1) is 0 Å². The number of nitrogens with zero attached hydrogens (tertiary/aromatic N) is 5. The fourth-order valence-corrected chi connectivity index (χ4v) is 3.28. The molecular weight excluding hydrogens is 284 g/mol. The van der Waals surface area contributed by atoms with Gasteiger partial charge in [0.15, 0.2) is 5.56 Å². The molecule has 0 aliphatic carbocycles. The third kappa shape index (κ3) is 2.32. The van der Waals surface area contributed by atoms with Gasteiger partial charge in [-0.25, -0.2) is 4.79 Å². The maximum Gasteiger partial charge on any atom is 0.332 e. The van der Waals surface area contributed by atoms with Gasteiger partial charge in [0, 0.05) is 59.4 Å². The molecular formula is C14H20N6O2. The second-order valence-corrected chi connectivity index (χ2v) is 5.91. The van der Waals surface area contributed by atoms with E-state index in [0.717, 1.165) is 37.3 Å². The van der Waals surface area contributed by atoms with Gasteiger partial charge in [-0.2, -0.15) is 5.26 Å². The third-order valence-electron chi connectivity index (χ3n) is 4.67. The van der Waals surface area contributed by atoms with Crippen molar-refractivity contribution < 1.29 is 0 Å². The van der Waals surface area contributed by atoms with Gasteiger partial charge in [-0.1, -0.05) is 0 Å². The molecule has 3 fully saturated rings. The first kappa shape index (κ1) is 14.8. The molecule has 1 atom stereocenters. The Kier molecular flexibility index (Phi) is 3.76. The fraction of sp³-hybridized carbons (Fsp3) is 0.643. The van der Waals surface area contributed by atoms with E-state index in [1.807, 2.05) is 6.07 Å². The molecule has 1 unspecified atom stereocenters. The highest BCUT2D eigenvalue weighted by molar-refractivity contribution is 5.51. The van der Waals surface area contributed by atoms with Crippen LogP contribution in [0.1, 0.15) is 5.56 Å². The maximum absolute atomic E-state index is 12.0. The number of fused-ring (bicyclic) bond motifs is 3. The summed E-state index contributed by atoms with van der Waals surface area (Å²) in [4.78, 5) is 28.9. The first-order valence-corrected chi connectivity index (χ1v) is 7.43. The van der Waals surface area contributed by atoms with Crippen molar-refractivity contribution >= 4 is 5.82 Å². The molecule has 1 aromatic heterocycles. The van der Waals surface area contributed by atoms with Crippen LogP contribution >= 0.6 is 0 Å². The highest BCUT2D eigenvalue weighted by Crippen LogP contribution is 2.16. The molecule has 3 aliphatic rings. The summed E-state index contributed by atoms with van der Waals surface area (Å²) >= 11 is 0. The number of hydrogen-bond donors (Lipinski definition) is 1. The number of aromatic nitrogens is 2. The molecule has 2 bridgehead atoms.